The summed E-state index contributed by atoms with van der Waals surface area (Å²) in [5, 5.41) is 3.10. The number of carbonyl (C=O) groups is 1. The van der Waals surface area contributed by atoms with E-state index in [1.807, 2.05) is 29.2 Å². The lowest BCUT2D eigenvalue weighted by Crippen LogP contribution is -2.42. The van der Waals surface area contributed by atoms with Crippen LogP contribution in [-0.4, -0.2) is 17.5 Å². The smallest absolute Gasteiger partial charge is 0.318 e. The molecule has 1 saturated carbocycles. The molecule has 1 atom stereocenters. The maximum atomic E-state index is 12.8. The van der Waals surface area contributed by atoms with Crippen LogP contribution in [0.5, 0.6) is 0 Å². The molecule has 0 bridgehead atoms. The zero-order chi connectivity index (χ0) is 16.9. The van der Waals surface area contributed by atoms with Crippen LogP contribution in [0.25, 0.3) is 0 Å². The van der Waals surface area contributed by atoms with Crippen LogP contribution in [0.2, 0.25) is 0 Å². The van der Waals surface area contributed by atoms with E-state index in [4.69, 9.17) is 0 Å². The fourth-order valence-corrected chi connectivity index (χ4v) is 3.01. The SMILES string of the molecule is Cc1cccc(CNC(=O)N(CC2CC2)C(C)c2ccccc2)c1. The van der Waals surface area contributed by atoms with Crippen molar-refractivity contribution in [2.75, 3.05) is 6.54 Å². The van der Waals surface area contributed by atoms with E-state index in [0.29, 0.717) is 12.5 Å². The quantitative estimate of drug-likeness (QED) is 0.823. The summed E-state index contributed by atoms with van der Waals surface area (Å²) in [4.78, 5) is 14.8. The third-order valence-corrected chi connectivity index (χ3v) is 4.69. The summed E-state index contributed by atoms with van der Waals surface area (Å²) < 4.78 is 0. The summed E-state index contributed by atoms with van der Waals surface area (Å²) in [7, 11) is 0. The van der Waals surface area contributed by atoms with Gasteiger partial charge in [0, 0.05) is 13.1 Å². The monoisotopic (exact) mass is 322 g/mol. The van der Waals surface area contributed by atoms with Gasteiger partial charge in [0.2, 0.25) is 0 Å². The third-order valence-electron chi connectivity index (χ3n) is 4.69. The van der Waals surface area contributed by atoms with E-state index in [1.54, 1.807) is 0 Å². The Hall–Kier alpha value is -2.29. The van der Waals surface area contributed by atoms with E-state index >= 15 is 0 Å². The molecule has 126 valence electrons. The Balaban J connectivity index is 1.67. The summed E-state index contributed by atoms with van der Waals surface area (Å²) in [6.45, 7) is 5.60. The average Bonchev–Trinajstić information content (AvgIpc) is 3.42. The van der Waals surface area contributed by atoms with Gasteiger partial charge in [-0.1, -0.05) is 60.2 Å². The van der Waals surface area contributed by atoms with Gasteiger partial charge in [0.05, 0.1) is 6.04 Å². The Morgan fingerprint density at radius 1 is 1.17 bits per heavy atom. The number of carbonyl (C=O) groups excluding carboxylic acids is 1. The number of nitrogens with one attached hydrogen (secondary N) is 1. The second-order valence-electron chi connectivity index (χ2n) is 6.83. The highest BCUT2D eigenvalue weighted by molar-refractivity contribution is 5.74. The lowest BCUT2D eigenvalue weighted by Gasteiger charge is -2.30. The minimum absolute atomic E-state index is 0.0276. The van der Waals surface area contributed by atoms with E-state index in [-0.39, 0.29) is 12.1 Å². The molecule has 0 saturated heterocycles. The summed E-state index contributed by atoms with van der Waals surface area (Å²) >= 11 is 0. The summed E-state index contributed by atoms with van der Waals surface area (Å²) in [6, 6.07) is 18.7. The predicted octanol–water partition coefficient (Wildman–Crippen LogP) is 4.68. The van der Waals surface area contributed by atoms with Gasteiger partial charge in [0.25, 0.3) is 0 Å². The molecule has 1 fully saturated rings. The molecule has 0 radical (unpaired) electrons. The first kappa shape index (κ1) is 16.6. The second kappa shape index (κ2) is 7.52. The first-order valence-corrected chi connectivity index (χ1v) is 8.78. The van der Waals surface area contributed by atoms with Gasteiger partial charge in [0.1, 0.15) is 0 Å². The molecule has 1 aliphatic rings. The van der Waals surface area contributed by atoms with Crippen LogP contribution in [0.15, 0.2) is 54.6 Å². The standard InChI is InChI=1S/C21H26N2O/c1-16-7-6-8-19(13-16)14-22-21(24)23(15-18-11-12-18)17(2)20-9-4-3-5-10-20/h3-10,13,17-18H,11-12,14-15H2,1-2H3,(H,22,24). The molecule has 3 rings (SSSR count). The Morgan fingerprint density at radius 2 is 1.92 bits per heavy atom. The van der Waals surface area contributed by atoms with Crippen LogP contribution in [0, 0.1) is 12.8 Å². The van der Waals surface area contributed by atoms with Gasteiger partial charge >= 0.3 is 6.03 Å². The van der Waals surface area contributed by atoms with E-state index in [1.165, 1.54) is 24.0 Å². The fourth-order valence-electron chi connectivity index (χ4n) is 3.01. The van der Waals surface area contributed by atoms with Crippen LogP contribution >= 0.6 is 0 Å². The molecule has 0 heterocycles. The normalized spacial score (nSPS) is 14.9. The third kappa shape index (κ3) is 4.38. The molecule has 24 heavy (non-hydrogen) atoms. The summed E-state index contributed by atoms with van der Waals surface area (Å²) in [5.41, 5.74) is 3.54. The van der Waals surface area contributed by atoms with Gasteiger partial charge in [-0.15, -0.1) is 0 Å². The molecule has 2 aromatic carbocycles. The Morgan fingerprint density at radius 3 is 2.58 bits per heavy atom. The van der Waals surface area contributed by atoms with Crippen molar-refractivity contribution in [1.29, 1.82) is 0 Å². The maximum Gasteiger partial charge on any atom is 0.318 e. The van der Waals surface area contributed by atoms with Crippen molar-refractivity contribution in [3.05, 3.63) is 71.3 Å². The first-order valence-electron chi connectivity index (χ1n) is 8.78. The fraction of sp³-hybridized carbons (Fsp3) is 0.381. The Bertz CT molecular complexity index is 679. The molecule has 2 aromatic rings. The number of hydrogen-bond acceptors (Lipinski definition) is 1. The number of urea groups is 1. The molecule has 0 aromatic heterocycles. The van der Waals surface area contributed by atoms with E-state index in [0.717, 1.165) is 12.1 Å². The van der Waals surface area contributed by atoms with Gasteiger partial charge in [-0.3, -0.25) is 0 Å². The first-order chi connectivity index (χ1) is 11.6. The number of nitrogens with zero attached hydrogens (tertiary/aromatic N) is 1. The molecule has 3 nitrogen and oxygen atoms in total. The molecule has 1 unspecified atom stereocenters. The molecule has 2 amide bonds. The molecule has 1 aliphatic carbocycles. The lowest BCUT2D eigenvalue weighted by molar-refractivity contribution is 0.175. The van der Waals surface area contributed by atoms with Crippen molar-refractivity contribution in [2.24, 2.45) is 5.92 Å². The minimum Gasteiger partial charge on any atom is -0.334 e. The van der Waals surface area contributed by atoms with Gasteiger partial charge in [0.15, 0.2) is 0 Å². The van der Waals surface area contributed by atoms with Crippen molar-refractivity contribution in [2.45, 2.75) is 39.3 Å². The summed E-state index contributed by atoms with van der Waals surface area (Å²) in [5.74, 6) is 0.667. The molecular weight excluding hydrogens is 296 g/mol. The topological polar surface area (TPSA) is 32.3 Å². The number of amides is 2. The molecular formula is C21H26N2O. The lowest BCUT2D eigenvalue weighted by atomic mass is 10.1. The van der Waals surface area contributed by atoms with E-state index in [9.17, 15) is 4.79 Å². The second-order valence-corrected chi connectivity index (χ2v) is 6.83. The molecule has 1 N–H and O–H groups in total. The Kier molecular flexibility index (Phi) is 5.19. The number of aryl methyl sites for hydroxylation is 1. The van der Waals surface area contributed by atoms with E-state index in [2.05, 4.69) is 49.5 Å². The number of hydrogen-bond donors (Lipinski definition) is 1. The zero-order valence-corrected chi connectivity index (χ0v) is 14.5. The highest BCUT2D eigenvalue weighted by Gasteiger charge is 2.30. The van der Waals surface area contributed by atoms with Crippen molar-refractivity contribution < 1.29 is 4.79 Å². The Labute approximate surface area is 144 Å². The largest absolute Gasteiger partial charge is 0.334 e. The number of rotatable bonds is 6. The highest BCUT2D eigenvalue weighted by Crippen LogP contribution is 2.32. The van der Waals surface area contributed by atoms with Gasteiger partial charge in [-0.25, -0.2) is 4.79 Å². The van der Waals surface area contributed by atoms with Crippen LogP contribution < -0.4 is 5.32 Å². The highest BCUT2D eigenvalue weighted by atomic mass is 16.2. The average molecular weight is 322 g/mol. The minimum atomic E-state index is 0.0276. The molecule has 0 spiro atoms. The van der Waals surface area contributed by atoms with E-state index < -0.39 is 0 Å². The van der Waals surface area contributed by atoms with Crippen molar-refractivity contribution in [1.82, 2.24) is 10.2 Å². The van der Waals surface area contributed by atoms with Crippen LogP contribution in [-0.2, 0) is 6.54 Å². The molecule has 0 aliphatic heterocycles. The van der Waals surface area contributed by atoms with Gasteiger partial charge in [-0.05, 0) is 43.7 Å². The number of benzene rings is 2. The van der Waals surface area contributed by atoms with Crippen LogP contribution in [0.3, 0.4) is 0 Å². The van der Waals surface area contributed by atoms with Crippen molar-refractivity contribution in [3.63, 3.8) is 0 Å². The maximum absolute atomic E-state index is 12.8. The van der Waals surface area contributed by atoms with Crippen LogP contribution in [0.4, 0.5) is 4.79 Å². The zero-order valence-electron chi connectivity index (χ0n) is 14.5. The molecule has 3 heteroatoms. The summed E-state index contributed by atoms with van der Waals surface area (Å²) in [6.07, 6.45) is 2.48. The predicted molar refractivity (Wildman–Crippen MR) is 97.7 cm³/mol. The van der Waals surface area contributed by atoms with Gasteiger partial charge < -0.3 is 10.2 Å². The van der Waals surface area contributed by atoms with Crippen LogP contribution in [0.1, 0.15) is 42.5 Å². The van der Waals surface area contributed by atoms with Gasteiger partial charge in [-0.2, -0.15) is 0 Å². The van der Waals surface area contributed by atoms with Crippen molar-refractivity contribution in [3.8, 4) is 0 Å². The van der Waals surface area contributed by atoms with Crippen molar-refractivity contribution >= 4 is 6.03 Å².